The van der Waals surface area contributed by atoms with Crippen LogP contribution in [0.15, 0.2) is 34.8 Å². The van der Waals surface area contributed by atoms with E-state index in [0.717, 1.165) is 23.7 Å². The van der Waals surface area contributed by atoms with Crippen LogP contribution in [0.4, 0.5) is 0 Å². The Morgan fingerprint density at radius 1 is 1.17 bits per heavy atom. The first kappa shape index (κ1) is 13.8. The average molecular weight is 325 g/mol. The molecule has 0 atom stereocenters. The third-order valence-corrected chi connectivity index (χ3v) is 5.12. The molecule has 1 aromatic carbocycles. The highest BCUT2D eigenvalue weighted by atomic mass is 79.9. The maximum atomic E-state index is 8.99. The largest absolute Gasteiger partial charge is 0.396 e. The van der Waals surface area contributed by atoms with Crippen molar-refractivity contribution in [2.24, 2.45) is 0 Å². The molecule has 0 amide bonds. The molecule has 1 nitrogen and oxygen atoms in total. The molecule has 0 saturated heterocycles. The Balaban J connectivity index is 2.10. The fourth-order valence-electron chi connectivity index (χ4n) is 1.91. The van der Waals surface area contributed by atoms with Gasteiger partial charge in [0.25, 0.3) is 0 Å². The van der Waals surface area contributed by atoms with Gasteiger partial charge in [0, 0.05) is 33.7 Å². The summed E-state index contributed by atoms with van der Waals surface area (Å²) in [7, 11) is 0. The quantitative estimate of drug-likeness (QED) is 0.873. The highest BCUT2D eigenvalue weighted by Crippen LogP contribution is 2.29. The zero-order chi connectivity index (χ0) is 13.0. The molecule has 0 aliphatic heterocycles. The van der Waals surface area contributed by atoms with Gasteiger partial charge in [0.2, 0.25) is 0 Å². The van der Waals surface area contributed by atoms with E-state index in [2.05, 4.69) is 53.2 Å². The molecule has 1 heterocycles. The number of benzene rings is 1. The van der Waals surface area contributed by atoms with Crippen LogP contribution < -0.4 is 0 Å². The lowest BCUT2D eigenvalue weighted by Gasteiger charge is -2.00. The van der Waals surface area contributed by atoms with Gasteiger partial charge in [0.05, 0.1) is 0 Å². The van der Waals surface area contributed by atoms with Crippen molar-refractivity contribution in [3.63, 3.8) is 0 Å². The summed E-state index contributed by atoms with van der Waals surface area (Å²) in [5, 5.41) is 8.99. The molecule has 0 spiro atoms. The van der Waals surface area contributed by atoms with Gasteiger partial charge < -0.3 is 5.11 Å². The van der Waals surface area contributed by atoms with E-state index in [0.29, 0.717) is 0 Å². The predicted octanol–water partition coefficient (Wildman–Crippen LogP) is 4.20. The van der Waals surface area contributed by atoms with Gasteiger partial charge in [-0.2, -0.15) is 0 Å². The lowest BCUT2D eigenvalue weighted by molar-refractivity contribution is 0.300. The number of rotatable bonds is 5. The zero-order valence-electron chi connectivity index (χ0n) is 10.4. The third kappa shape index (κ3) is 3.44. The van der Waals surface area contributed by atoms with Crippen LogP contribution >= 0.6 is 27.3 Å². The second kappa shape index (κ2) is 6.50. The van der Waals surface area contributed by atoms with Crippen LogP contribution in [0.1, 0.15) is 27.8 Å². The van der Waals surface area contributed by atoms with Crippen molar-refractivity contribution in [3.8, 4) is 0 Å². The van der Waals surface area contributed by atoms with Crippen LogP contribution in [0, 0.1) is 0 Å². The van der Waals surface area contributed by atoms with Crippen molar-refractivity contribution in [2.45, 2.75) is 26.2 Å². The standard InChI is InChI=1S/C15H17BrOS/c1-2-11-3-5-12(6-4-11)9-13-10-14(16)15(18-13)7-8-17/h3-6,10,17H,2,7-9H2,1H3. The summed E-state index contributed by atoms with van der Waals surface area (Å²) in [6.45, 7) is 2.39. The second-order valence-corrected chi connectivity index (χ2v) is 6.38. The lowest BCUT2D eigenvalue weighted by Crippen LogP contribution is -1.86. The average Bonchev–Trinajstić information content (AvgIpc) is 2.71. The Morgan fingerprint density at radius 2 is 1.83 bits per heavy atom. The molecule has 18 heavy (non-hydrogen) atoms. The van der Waals surface area contributed by atoms with Crippen LogP contribution in [0.5, 0.6) is 0 Å². The molecule has 0 aliphatic carbocycles. The van der Waals surface area contributed by atoms with Gasteiger partial charge in [-0.05, 0) is 39.5 Å². The molecular weight excluding hydrogens is 308 g/mol. The molecule has 0 saturated carbocycles. The van der Waals surface area contributed by atoms with E-state index in [-0.39, 0.29) is 6.61 Å². The van der Waals surface area contributed by atoms with Crippen molar-refractivity contribution >= 4 is 27.3 Å². The molecule has 1 N–H and O–H groups in total. The monoisotopic (exact) mass is 324 g/mol. The predicted molar refractivity (Wildman–Crippen MR) is 81.4 cm³/mol. The number of aliphatic hydroxyl groups excluding tert-OH is 1. The van der Waals surface area contributed by atoms with Crippen LogP contribution in [0.25, 0.3) is 0 Å². The van der Waals surface area contributed by atoms with Gasteiger partial charge in [-0.15, -0.1) is 11.3 Å². The first-order valence-electron chi connectivity index (χ1n) is 6.18. The first-order valence-corrected chi connectivity index (χ1v) is 7.79. The molecule has 1 aromatic heterocycles. The zero-order valence-corrected chi connectivity index (χ0v) is 12.9. The number of hydrogen-bond donors (Lipinski definition) is 1. The number of hydrogen-bond acceptors (Lipinski definition) is 2. The van der Waals surface area contributed by atoms with E-state index in [1.165, 1.54) is 20.9 Å². The molecule has 0 radical (unpaired) electrons. The maximum absolute atomic E-state index is 8.99. The number of halogens is 1. The van der Waals surface area contributed by atoms with E-state index in [9.17, 15) is 0 Å². The molecule has 0 bridgehead atoms. The van der Waals surface area contributed by atoms with Crippen LogP contribution in [0.3, 0.4) is 0 Å². The van der Waals surface area contributed by atoms with Gasteiger partial charge >= 0.3 is 0 Å². The van der Waals surface area contributed by atoms with E-state index in [4.69, 9.17) is 5.11 Å². The Hall–Kier alpha value is -0.640. The Kier molecular flexibility index (Phi) is 4.98. The third-order valence-electron chi connectivity index (χ3n) is 2.96. The topological polar surface area (TPSA) is 20.2 Å². The number of thiophene rings is 1. The summed E-state index contributed by atoms with van der Waals surface area (Å²) in [4.78, 5) is 2.58. The van der Waals surface area contributed by atoms with E-state index < -0.39 is 0 Å². The lowest BCUT2D eigenvalue weighted by atomic mass is 10.1. The Morgan fingerprint density at radius 3 is 2.44 bits per heavy atom. The number of aliphatic hydroxyl groups is 1. The Labute approximate surface area is 121 Å². The molecular formula is C15H17BrOS. The minimum atomic E-state index is 0.212. The van der Waals surface area contributed by atoms with Crippen molar-refractivity contribution in [1.29, 1.82) is 0 Å². The fraction of sp³-hybridized carbons (Fsp3) is 0.333. The van der Waals surface area contributed by atoms with Crippen LogP contribution in [-0.2, 0) is 19.3 Å². The Bertz CT molecular complexity index is 502. The van der Waals surface area contributed by atoms with E-state index in [1.54, 1.807) is 11.3 Å². The van der Waals surface area contributed by atoms with Crippen LogP contribution in [-0.4, -0.2) is 11.7 Å². The van der Waals surface area contributed by atoms with Gasteiger partial charge in [0.1, 0.15) is 0 Å². The molecule has 0 unspecified atom stereocenters. The molecule has 3 heteroatoms. The number of aryl methyl sites for hydroxylation is 1. The smallest absolute Gasteiger partial charge is 0.0479 e. The SMILES string of the molecule is CCc1ccc(Cc2cc(Br)c(CCO)s2)cc1. The molecule has 0 aliphatic rings. The highest BCUT2D eigenvalue weighted by molar-refractivity contribution is 9.10. The normalized spacial score (nSPS) is 10.8. The minimum Gasteiger partial charge on any atom is -0.396 e. The van der Waals surface area contributed by atoms with Gasteiger partial charge in [-0.25, -0.2) is 0 Å². The van der Waals surface area contributed by atoms with Gasteiger partial charge in [-0.1, -0.05) is 31.2 Å². The highest BCUT2D eigenvalue weighted by Gasteiger charge is 2.07. The fourth-order valence-corrected chi connectivity index (χ4v) is 3.86. The van der Waals surface area contributed by atoms with Crippen molar-refractivity contribution in [3.05, 3.63) is 55.7 Å². The van der Waals surface area contributed by atoms with E-state index in [1.807, 2.05) is 0 Å². The molecule has 96 valence electrons. The summed E-state index contributed by atoms with van der Waals surface area (Å²) in [6, 6.07) is 11.0. The van der Waals surface area contributed by atoms with Gasteiger partial charge in [0.15, 0.2) is 0 Å². The summed E-state index contributed by atoms with van der Waals surface area (Å²) >= 11 is 5.34. The van der Waals surface area contributed by atoms with E-state index >= 15 is 0 Å². The summed E-state index contributed by atoms with van der Waals surface area (Å²) in [6.07, 6.45) is 2.80. The van der Waals surface area contributed by atoms with Gasteiger partial charge in [-0.3, -0.25) is 0 Å². The minimum absolute atomic E-state index is 0.212. The first-order chi connectivity index (χ1) is 8.72. The van der Waals surface area contributed by atoms with Crippen molar-refractivity contribution < 1.29 is 5.11 Å². The van der Waals surface area contributed by atoms with Crippen molar-refractivity contribution in [1.82, 2.24) is 0 Å². The van der Waals surface area contributed by atoms with Crippen LogP contribution in [0.2, 0.25) is 0 Å². The molecule has 2 rings (SSSR count). The maximum Gasteiger partial charge on any atom is 0.0479 e. The molecule has 0 fully saturated rings. The summed E-state index contributed by atoms with van der Waals surface area (Å²) in [5.41, 5.74) is 2.73. The van der Waals surface area contributed by atoms with Crippen molar-refractivity contribution in [2.75, 3.05) is 6.61 Å². The summed E-state index contributed by atoms with van der Waals surface area (Å²) in [5.74, 6) is 0. The molecule has 2 aromatic rings. The second-order valence-electron chi connectivity index (χ2n) is 4.30. The summed E-state index contributed by atoms with van der Waals surface area (Å²) < 4.78 is 1.13.